The number of ether oxygens (including phenoxy) is 3. The molecule has 0 saturated carbocycles. The van der Waals surface area contributed by atoms with E-state index in [0.717, 1.165) is 68.5 Å². The first-order valence-electron chi connectivity index (χ1n) is 16.6. The van der Waals surface area contributed by atoms with Crippen molar-refractivity contribution in [3.8, 4) is 6.07 Å². The number of nitrogens with zero attached hydrogens (tertiary/aromatic N) is 9. The van der Waals surface area contributed by atoms with E-state index in [9.17, 15) is 10.1 Å². The maximum atomic E-state index is 12.5. The van der Waals surface area contributed by atoms with E-state index >= 15 is 0 Å². The molecule has 0 radical (unpaired) electrons. The maximum Gasteiger partial charge on any atom is 0.408 e. The highest BCUT2D eigenvalue weighted by Gasteiger charge is 2.36. The lowest BCUT2D eigenvalue weighted by Crippen LogP contribution is -2.54. The van der Waals surface area contributed by atoms with Crippen molar-refractivity contribution in [2.45, 2.75) is 64.6 Å². The molecule has 0 bridgehead atoms. The number of amides is 1. The van der Waals surface area contributed by atoms with Crippen molar-refractivity contribution < 1.29 is 19.0 Å². The molecule has 2 aromatic heterocycles. The van der Waals surface area contributed by atoms with Gasteiger partial charge in [0.05, 0.1) is 35.6 Å². The molecule has 0 spiro atoms. The molecule has 3 fully saturated rings. The van der Waals surface area contributed by atoms with Crippen LogP contribution in [-0.2, 0) is 14.2 Å². The Labute approximate surface area is 282 Å². The first kappa shape index (κ1) is 33.6. The van der Waals surface area contributed by atoms with Gasteiger partial charge >= 0.3 is 6.09 Å². The van der Waals surface area contributed by atoms with Crippen LogP contribution in [0.5, 0.6) is 0 Å². The number of nitriles is 1. The summed E-state index contributed by atoms with van der Waals surface area (Å²) < 4.78 is 17.6. The lowest BCUT2D eigenvalue weighted by Gasteiger charge is -2.42. The molecule has 14 nitrogen and oxygen atoms in total. The lowest BCUT2D eigenvalue weighted by atomic mass is 10.1. The lowest BCUT2D eigenvalue weighted by molar-refractivity contribution is -0.0327. The molecule has 256 valence electrons. The average molecular weight is 659 g/mol. The van der Waals surface area contributed by atoms with Crippen LogP contribution >= 0.6 is 0 Å². The standard InChI is InChI=1S/C34H46N10O4/c1-22-15-29(44-20-26(28(21-44)46-6)39-33(45)48-34(3,4)5)40-32(38-22)42-13-11-41(12-14-42)18-25-19-43(17-23(2)47-25)27-8-7-24(16-35)30-31(27)37-10-9-36-30/h7-10,15,23,25-26,28H,11-14,17-21H2,1-6H3,(H,39,45)/t23-,25+,26+,28+/m1/s1. The Morgan fingerprint density at radius 3 is 2.48 bits per heavy atom. The second kappa shape index (κ2) is 14.0. The summed E-state index contributed by atoms with van der Waals surface area (Å²) in [5, 5.41) is 12.5. The Balaban J connectivity index is 1.07. The van der Waals surface area contributed by atoms with Gasteiger partial charge in [-0.15, -0.1) is 0 Å². The van der Waals surface area contributed by atoms with E-state index in [1.807, 2.05) is 45.9 Å². The summed E-state index contributed by atoms with van der Waals surface area (Å²) in [7, 11) is 1.66. The van der Waals surface area contributed by atoms with E-state index in [1.165, 1.54) is 0 Å². The molecule has 1 amide bonds. The fraction of sp³-hybridized carbons (Fsp3) is 0.588. The molecule has 3 aliphatic heterocycles. The number of carbonyl (C=O) groups excluding carboxylic acids is 1. The van der Waals surface area contributed by atoms with Gasteiger partial charge in [-0.05, 0) is 46.8 Å². The normalized spacial score (nSPS) is 23.7. The van der Waals surface area contributed by atoms with Gasteiger partial charge in [-0.3, -0.25) is 14.9 Å². The number of benzene rings is 1. The minimum Gasteiger partial charge on any atom is -0.444 e. The third-order valence-corrected chi connectivity index (χ3v) is 8.93. The van der Waals surface area contributed by atoms with Crippen LogP contribution < -0.4 is 20.0 Å². The number of carbonyl (C=O) groups is 1. The fourth-order valence-corrected chi connectivity index (χ4v) is 6.79. The Bertz CT molecular complexity index is 1650. The SMILES string of the molecule is CO[C@H]1CN(c2cc(C)nc(N3CCN(C[C@H]4CN(c5ccc(C#N)c6nccnc56)C[C@@H](C)O4)CC3)n2)C[C@@H]1NC(=O)OC(C)(C)C. The van der Waals surface area contributed by atoms with E-state index in [4.69, 9.17) is 24.2 Å². The molecule has 5 heterocycles. The van der Waals surface area contributed by atoms with Crippen molar-refractivity contribution in [1.29, 1.82) is 5.26 Å². The van der Waals surface area contributed by atoms with Gasteiger partial charge in [0.25, 0.3) is 0 Å². The maximum absolute atomic E-state index is 12.5. The molecule has 1 N–H and O–H groups in total. The van der Waals surface area contributed by atoms with Crippen molar-refractivity contribution in [2.24, 2.45) is 0 Å². The number of piperazine rings is 1. The van der Waals surface area contributed by atoms with Gasteiger partial charge in [0.15, 0.2) is 0 Å². The van der Waals surface area contributed by atoms with Crippen molar-refractivity contribution in [3.63, 3.8) is 0 Å². The summed E-state index contributed by atoms with van der Waals surface area (Å²) in [4.78, 5) is 40.4. The quantitative estimate of drug-likeness (QED) is 0.398. The van der Waals surface area contributed by atoms with Crippen LogP contribution in [0.4, 0.5) is 22.2 Å². The zero-order valence-electron chi connectivity index (χ0n) is 28.7. The highest BCUT2D eigenvalue weighted by molar-refractivity contribution is 5.92. The van der Waals surface area contributed by atoms with Crippen LogP contribution in [0.2, 0.25) is 0 Å². The predicted molar refractivity (Wildman–Crippen MR) is 182 cm³/mol. The zero-order chi connectivity index (χ0) is 34.0. The first-order chi connectivity index (χ1) is 23.0. The van der Waals surface area contributed by atoms with Crippen LogP contribution in [0.25, 0.3) is 11.0 Å². The number of methoxy groups -OCH3 is 1. The van der Waals surface area contributed by atoms with E-state index in [-0.39, 0.29) is 24.4 Å². The average Bonchev–Trinajstić information content (AvgIpc) is 3.45. The molecule has 6 rings (SSSR count). The fourth-order valence-electron chi connectivity index (χ4n) is 6.79. The van der Waals surface area contributed by atoms with E-state index in [0.29, 0.717) is 30.1 Å². The molecule has 3 saturated heterocycles. The van der Waals surface area contributed by atoms with Gasteiger partial charge in [-0.1, -0.05) is 0 Å². The molecular formula is C34H46N10O4. The molecule has 0 aliphatic carbocycles. The van der Waals surface area contributed by atoms with Crippen molar-refractivity contribution in [3.05, 3.63) is 41.9 Å². The Kier molecular flexibility index (Phi) is 9.82. The van der Waals surface area contributed by atoms with Crippen LogP contribution in [0.1, 0.15) is 39.0 Å². The molecule has 3 aliphatic rings. The van der Waals surface area contributed by atoms with Gasteiger partial charge in [0.1, 0.15) is 28.5 Å². The third kappa shape index (κ3) is 7.69. The minimum absolute atomic E-state index is 0.0237. The Hall–Kier alpha value is -4.32. The van der Waals surface area contributed by atoms with Crippen LogP contribution in [0.3, 0.4) is 0 Å². The molecular weight excluding hydrogens is 612 g/mol. The number of morpholine rings is 1. The smallest absolute Gasteiger partial charge is 0.408 e. The number of aromatic nitrogens is 4. The number of rotatable bonds is 7. The van der Waals surface area contributed by atoms with Crippen LogP contribution in [-0.4, -0.2) is 127 Å². The van der Waals surface area contributed by atoms with Crippen molar-refractivity contribution in [2.75, 3.05) is 80.7 Å². The molecule has 4 atom stereocenters. The first-order valence-corrected chi connectivity index (χ1v) is 16.6. The van der Waals surface area contributed by atoms with Gasteiger partial charge < -0.3 is 34.2 Å². The number of nitrogens with one attached hydrogen (secondary N) is 1. The Morgan fingerprint density at radius 1 is 1.02 bits per heavy atom. The Morgan fingerprint density at radius 2 is 1.77 bits per heavy atom. The number of aryl methyl sites for hydroxylation is 1. The number of hydrogen-bond acceptors (Lipinski definition) is 13. The summed E-state index contributed by atoms with van der Waals surface area (Å²) >= 11 is 0. The number of anilines is 3. The monoisotopic (exact) mass is 658 g/mol. The van der Waals surface area contributed by atoms with E-state index in [2.05, 4.69) is 47.9 Å². The summed E-state index contributed by atoms with van der Waals surface area (Å²) in [6.45, 7) is 16.4. The zero-order valence-corrected chi connectivity index (χ0v) is 28.7. The van der Waals surface area contributed by atoms with E-state index < -0.39 is 11.7 Å². The molecule has 0 unspecified atom stereocenters. The molecule has 14 heteroatoms. The molecule has 1 aromatic carbocycles. The van der Waals surface area contributed by atoms with Crippen LogP contribution in [0.15, 0.2) is 30.6 Å². The van der Waals surface area contributed by atoms with Gasteiger partial charge in [0, 0.05) is 90.2 Å². The number of alkyl carbamates (subject to hydrolysis) is 1. The number of fused-ring (bicyclic) bond motifs is 1. The summed E-state index contributed by atoms with van der Waals surface area (Å²) in [6, 6.07) is 7.81. The van der Waals surface area contributed by atoms with Crippen molar-refractivity contribution >= 4 is 34.6 Å². The minimum atomic E-state index is -0.576. The van der Waals surface area contributed by atoms with Gasteiger partial charge in [-0.2, -0.15) is 10.2 Å². The molecule has 48 heavy (non-hydrogen) atoms. The van der Waals surface area contributed by atoms with Crippen LogP contribution in [0, 0.1) is 18.3 Å². The largest absolute Gasteiger partial charge is 0.444 e. The van der Waals surface area contributed by atoms with Gasteiger partial charge in [-0.25, -0.2) is 9.78 Å². The number of hydrogen-bond donors (Lipinski definition) is 1. The third-order valence-electron chi connectivity index (χ3n) is 8.93. The highest BCUT2D eigenvalue weighted by atomic mass is 16.6. The molecule has 3 aromatic rings. The van der Waals surface area contributed by atoms with E-state index in [1.54, 1.807) is 19.5 Å². The summed E-state index contributed by atoms with van der Waals surface area (Å²) in [6.07, 6.45) is 2.74. The summed E-state index contributed by atoms with van der Waals surface area (Å²) in [5.74, 6) is 1.53. The predicted octanol–water partition coefficient (Wildman–Crippen LogP) is 2.74. The summed E-state index contributed by atoms with van der Waals surface area (Å²) in [5.41, 5.74) is 3.20. The highest BCUT2D eigenvalue weighted by Crippen LogP contribution is 2.29. The second-order valence-corrected chi connectivity index (χ2v) is 13.9. The van der Waals surface area contributed by atoms with Crippen molar-refractivity contribution in [1.82, 2.24) is 30.2 Å². The topological polar surface area (TPSA) is 145 Å². The van der Waals surface area contributed by atoms with Gasteiger partial charge in [0.2, 0.25) is 5.95 Å². The second-order valence-electron chi connectivity index (χ2n) is 13.9.